The molecule has 0 atom stereocenters. The SMILES string of the molecule is CC(C)(C)c1nnc2c(-c3nc4ccccc4s3)c(N)[nH]n2c1=O. The van der Waals surface area contributed by atoms with Gasteiger partial charge in [-0.1, -0.05) is 32.9 Å². The number of hydrogen-bond acceptors (Lipinski definition) is 6. The molecule has 3 N–H and O–H groups in total. The Morgan fingerprint density at radius 3 is 2.67 bits per heavy atom. The quantitative estimate of drug-likeness (QED) is 0.554. The highest BCUT2D eigenvalue weighted by Gasteiger charge is 2.25. The van der Waals surface area contributed by atoms with E-state index in [1.54, 1.807) is 0 Å². The lowest BCUT2D eigenvalue weighted by Gasteiger charge is -2.15. The average Bonchev–Trinajstić information content (AvgIpc) is 3.06. The minimum absolute atomic E-state index is 0.244. The monoisotopic (exact) mass is 340 g/mol. The molecule has 0 aliphatic heterocycles. The molecule has 0 amide bonds. The Balaban J connectivity index is 2.01. The summed E-state index contributed by atoms with van der Waals surface area (Å²) >= 11 is 1.51. The van der Waals surface area contributed by atoms with Crippen molar-refractivity contribution in [2.75, 3.05) is 5.73 Å². The van der Waals surface area contributed by atoms with Gasteiger partial charge in [-0.25, -0.2) is 4.98 Å². The molecular weight excluding hydrogens is 324 g/mol. The fourth-order valence-electron chi connectivity index (χ4n) is 2.61. The molecule has 0 bridgehead atoms. The summed E-state index contributed by atoms with van der Waals surface area (Å²) < 4.78 is 2.40. The Labute approximate surface area is 141 Å². The summed E-state index contributed by atoms with van der Waals surface area (Å²) in [6.45, 7) is 5.77. The first-order valence-electron chi connectivity index (χ1n) is 7.49. The van der Waals surface area contributed by atoms with Crippen molar-refractivity contribution in [3.05, 3.63) is 40.3 Å². The van der Waals surface area contributed by atoms with Crippen molar-refractivity contribution in [3.8, 4) is 10.6 Å². The van der Waals surface area contributed by atoms with Crippen LogP contribution in [0.15, 0.2) is 29.1 Å². The van der Waals surface area contributed by atoms with E-state index in [0.717, 1.165) is 10.2 Å². The van der Waals surface area contributed by atoms with Crippen molar-refractivity contribution in [1.82, 2.24) is 24.8 Å². The summed E-state index contributed by atoms with van der Waals surface area (Å²) in [6, 6.07) is 7.83. The summed E-state index contributed by atoms with van der Waals surface area (Å²) in [7, 11) is 0. The Kier molecular flexibility index (Phi) is 3.01. The van der Waals surface area contributed by atoms with Crippen molar-refractivity contribution >= 4 is 33.0 Å². The van der Waals surface area contributed by atoms with E-state index in [1.807, 2.05) is 45.0 Å². The van der Waals surface area contributed by atoms with Crippen LogP contribution < -0.4 is 11.3 Å². The molecule has 3 heterocycles. The van der Waals surface area contributed by atoms with Crippen LogP contribution in [0.1, 0.15) is 26.5 Å². The van der Waals surface area contributed by atoms with Gasteiger partial charge in [-0.05, 0) is 12.1 Å². The van der Waals surface area contributed by atoms with E-state index < -0.39 is 5.41 Å². The van der Waals surface area contributed by atoms with Crippen LogP contribution in [0.25, 0.3) is 26.4 Å². The Morgan fingerprint density at radius 2 is 1.96 bits per heavy atom. The lowest BCUT2D eigenvalue weighted by atomic mass is 9.93. The van der Waals surface area contributed by atoms with Gasteiger partial charge in [0.2, 0.25) is 0 Å². The lowest BCUT2D eigenvalue weighted by Crippen LogP contribution is -2.30. The average molecular weight is 340 g/mol. The molecule has 0 saturated carbocycles. The predicted octanol–water partition coefficient (Wildman–Crippen LogP) is 2.57. The molecule has 0 aliphatic carbocycles. The van der Waals surface area contributed by atoms with Gasteiger partial charge in [0.05, 0.1) is 15.8 Å². The van der Waals surface area contributed by atoms with Gasteiger partial charge in [0.1, 0.15) is 16.5 Å². The van der Waals surface area contributed by atoms with Crippen molar-refractivity contribution in [2.24, 2.45) is 0 Å². The second-order valence-electron chi connectivity index (χ2n) is 6.65. The first-order valence-corrected chi connectivity index (χ1v) is 8.31. The summed E-state index contributed by atoms with van der Waals surface area (Å²) in [5.74, 6) is 0.353. The van der Waals surface area contributed by atoms with Crippen LogP contribution in [0.3, 0.4) is 0 Å². The topological polar surface area (TPSA) is 102 Å². The second kappa shape index (κ2) is 4.88. The molecule has 8 heteroatoms. The first-order chi connectivity index (χ1) is 11.4. The van der Waals surface area contributed by atoms with E-state index in [0.29, 0.717) is 27.7 Å². The van der Waals surface area contributed by atoms with Crippen LogP contribution in [0.2, 0.25) is 0 Å². The Morgan fingerprint density at radius 1 is 1.21 bits per heavy atom. The lowest BCUT2D eigenvalue weighted by molar-refractivity contribution is 0.542. The first kappa shape index (κ1) is 14.8. The predicted molar refractivity (Wildman–Crippen MR) is 95.3 cm³/mol. The molecule has 0 aliphatic rings. The smallest absolute Gasteiger partial charge is 0.295 e. The number of nitrogens with zero attached hydrogens (tertiary/aromatic N) is 4. The van der Waals surface area contributed by atoms with Crippen molar-refractivity contribution in [3.63, 3.8) is 0 Å². The number of aromatic nitrogens is 5. The maximum absolute atomic E-state index is 12.7. The highest BCUT2D eigenvalue weighted by Crippen LogP contribution is 2.35. The summed E-state index contributed by atoms with van der Waals surface area (Å²) in [5.41, 5.74) is 7.75. The van der Waals surface area contributed by atoms with Gasteiger partial charge in [-0.2, -0.15) is 4.52 Å². The van der Waals surface area contributed by atoms with Gasteiger partial charge in [0.25, 0.3) is 5.56 Å². The summed E-state index contributed by atoms with van der Waals surface area (Å²) in [6.07, 6.45) is 0. The highest BCUT2D eigenvalue weighted by atomic mass is 32.1. The minimum Gasteiger partial charge on any atom is -0.383 e. The molecule has 0 spiro atoms. The zero-order valence-electron chi connectivity index (χ0n) is 13.5. The number of aromatic amines is 1. The number of rotatable bonds is 1. The summed E-state index contributed by atoms with van der Waals surface area (Å²) in [5, 5.41) is 12.0. The fraction of sp³-hybridized carbons (Fsp3) is 0.250. The van der Waals surface area contributed by atoms with E-state index in [9.17, 15) is 4.79 Å². The number of nitrogens with one attached hydrogen (secondary N) is 1. The zero-order chi connectivity index (χ0) is 17.1. The molecule has 4 aromatic rings. The Hall–Kier alpha value is -2.74. The van der Waals surface area contributed by atoms with Crippen LogP contribution in [0.4, 0.5) is 5.82 Å². The molecule has 0 unspecified atom stereocenters. The Bertz CT molecular complexity index is 1100. The molecule has 0 saturated heterocycles. The van der Waals surface area contributed by atoms with Gasteiger partial charge < -0.3 is 5.73 Å². The van der Waals surface area contributed by atoms with E-state index in [2.05, 4.69) is 20.3 Å². The maximum atomic E-state index is 12.7. The van der Waals surface area contributed by atoms with E-state index >= 15 is 0 Å². The van der Waals surface area contributed by atoms with Crippen LogP contribution >= 0.6 is 11.3 Å². The third kappa shape index (κ3) is 2.10. The standard InChI is InChI=1S/C16H16N6OS/c1-16(2,3)11-15(23)22-13(20-19-11)10(12(17)21-22)14-18-8-6-4-5-7-9(8)24-14/h4-7,21H,17H2,1-3H3. The second-order valence-corrected chi connectivity index (χ2v) is 7.68. The van der Waals surface area contributed by atoms with Crippen LogP contribution in [0, 0.1) is 0 Å². The van der Waals surface area contributed by atoms with Crippen molar-refractivity contribution in [2.45, 2.75) is 26.2 Å². The van der Waals surface area contributed by atoms with Gasteiger partial charge in [0, 0.05) is 5.41 Å². The third-order valence-corrected chi connectivity index (χ3v) is 4.86. The van der Waals surface area contributed by atoms with Gasteiger partial charge in [0.15, 0.2) is 5.65 Å². The maximum Gasteiger partial charge on any atom is 0.295 e. The molecule has 4 rings (SSSR count). The number of anilines is 1. The number of benzene rings is 1. The molecule has 122 valence electrons. The minimum atomic E-state index is -0.402. The van der Waals surface area contributed by atoms with Crippen molar-refractivity contribution < 1.29 is 0 Å². The number of hydrogen-bond donors (Lipinski definition) is 2. The number of nitrogen functional groups attached to an aromatic ring is 1. The summed E-state index contributed by atoms with van der Waals surface area (Å²) in [4.78, 5) is 17.3. The number of nitrogens with two attached hydrogens (primary N) is 1. The fourth-order valence-corrected chi connectivity index (χ4v) is 3.63. The highest BCUT2D eigenvalue weighted by molar-refractivity contribution is 7.21. The number of H-pyrrole nitrogens is 1. The van der Waals surface area contributed by atoms with Crippen LogP contribution in [-0.4, -0.2) is 24.8 Å². The van der Waals surface area contributed by atoms with Gasteiger partial charge >= 0.3 is 0 Å². The van der Waals surface area contributed by atoms with E-state index in [4.69, 9.17) is 5.73 Å². The van der Waals surface area contributed by atoms with Crippen LogP contribution in [-0.2, 0) is 5.41 Å². The normalized spacial score (nSPS) is 12.3. The van der Waals surface area contributed by atoms with Gasteiger partial charge in [-0.3, -0.25) is 9.89 Å². The molecule has 0 fully saturated rings. The molecule has 1 aromatic carbocycles. The zero-order valence-corrected chi connectivity index (χ0v) is 14.3. The van der Waals surface area contributed by atoms with Gasteiger partial charge in [-0.15, -0.1) is 21.5 Å². The molecular formula is C16H16N6OS. The van der Waals surface area contributed by atoms with E-state index in [-0.39, 0.29) is 5.56 Å². The van der Waals surface area contributed by atoms with Crippen LogP contribution in [0.5, 0.6) is 0 Å². The molecule has 7 nitrogen and oxygen atoms in total. The molecule has 3 aromatic heterocycles. The number of thiazole rings is 1. The largest absolute Gasteiger partial charge is 0.383 e. The van der Waals surface area contributed by atoms with E-state index in [1.165, 1.54) is 15.9 Å². The number of para-hydroxylation sites is 1. The molecule has 24 heavy (non-hydrogen) atoms. The third-order valence-electron chi connectivity index (χ3n) is 3.81. The molecule has 0 radical (unpaired) electrons. The number of fused-ring (bicyclic) bond motifs is 2. The van der Waals surface area contributed by atoms with Crippen molar-refractivity contribution in [1.29, 1.82) is 0 Å².